The predicted molar refractivity (Wildman–Crippen MR) is 113 cm³/mol. The molecule has 0 unspecified atom stereocenters. The molecule has 1 aromatic carbocycles. The van der Waals surface area contributed by atoms with Crippen molar-refractivity contribution in [2.75, 3.05) is 12.3 Å². The Kier molecular flexibility index (Phi) is 12.0. The summed E-state index contributed by atoms with van der Waals surface area (Å²) >= 11 is 12.5. The lowest BCUT2D eigenvalue weighted by atomic mass is 9.99. The van der Waals surface area contributed by atoms with E-state index < -0.39 is 5.54 Å². The number of aryl methyl sites for hydroxylation is 1. The molecule has 0 aliphatic carbocycles. The van der Waals surface area contributed by atoms with Crippen LogP contribution in [-0.2, 0) is 9.59 Å². The van der Waals surface area contributed by atoms with Crippen LogP contribution in [0.5, 0.6) is 0 Å². The van der Waals surface area contributed by atoms with Gasteiger partial charge in [-0.05, 0) is 38.5 Å². The second-order valence-electron chi connectivity index (χ2n) is 5.69. The summed E-state index contributed by atoms with van der Waals surface area (Å²) < 4.78 is 0. The summed E-state index contributed by atoms with van der Waals surface area (Å²) in [5.74, 6) is 5.85. The first-order valence-electron chi connectivity index (χ1n) is 7.68. The van der Waals surface area contributed by atoms with E-state index >= 15 is 0 Å². The van der Waals surface area contributed by atoms with Crippen molar-refractivity contribution in [3.63, 3.8) is 0 Å². The molecule has 0 saturated carbocycles. The van der Waals surface area contributed by atoms with E-state index in [4.69, 9.17) is 29.0 Å². The number of hydrogen-bond acceptors (Lipinski definition) is 6. The normalized spacial score (nSPS) is 11.7. The fourth-order valence-electron chi connectivity index (χ4n) is 1.57. The van der Waals surface area contributed by atoms with Gasteiger partial charge in [-0.15, -0.1) is 0 Å². The maximum absolute atomic E-state index is 10.7. The molecule has 0 aliphatic rings. The zero-order valence-corrected chi connectivity index (χ0v) is 17.6. The maximum atomic E-state index is 10.7. The maximum Gasteiger partial charge on any atom is 0.207 e. The number of hydrazone groups is 1. The number of rotatable bonds is 7. The molecular weight excluding hydrogens is 395 g/mol. The molecule has 0 heterocycles. The number of thioether (sulfide) groups is 1. The smallest absolute Gasteiger partial charge is 0.207 e. The van der Waals surface area contributed by atoms with Crippen LogP contribution in [0.4, 0.5) is 0 Å². The van der Waals surface area contributed by atoms with E-state index in [1.54, 1.807) is 19.9 Å². The Bertz CT molecular complexity index is 664. The summed E-state index contributed by atoms with van der Waals surface area (Å²) in [5.41, 5.74) is 0.940. The van der Waals surface area contributed by atoms with Crippen molar-refractivity contribution >= 4 is 58.4 Å². The number of nitrogens with zero attached hydrogens (tertiary/aromatic N) is 2. The molecule has 0 saturated heterocycles. The molecule has 1 rings (SSSR count). The van der Waals surface area contributed by atoms with Crippen molar-refractivity contribution in [2.24, 2.45) is 15.9 Å². The van der Waals surface area contributed by atoms with Gasteiger partial charge in [0, 0.05) is 25.4 Å². The van der Waals surface area contributed by atoms with Crippen LogP contribution >= 0.6 is 35.0 Å². The van der Waals surface area contributed by atoms with Crippen LogP contribution in [0, 0.1) is 6.92 Å². The molecule has 9 heteroatoms. The third kappa shape index (κ3) is 10.4. The van der Waals surface area contributed by atoms with Crippen LogP contribution in [0.15, 0.2) is 28.3 Å². The summed E-state index contributed by atoms with van der Waals surface area (Å²) in [6.07, 6.45) is 2.10. The fourth-order valence-corrected chi connectivity index (χ4v) is 2.41. The fraction of sp³-hybridized carbons (Fsp3) is 0.412. The van der Waals surface area contributed by atoms with E-state index in [1.165, 1.54) is 24.9 Å². The molecule has 0 spiro atoms. The molecule has 1 amide bonds. The standard InChI is InChI=1S/C10H18N4O2S.C7H6Cl2/c1-8(16)17-5-4-12-6-9(14-11)10(2,3)13-7-15;1-5-2-3-6(8)7(9)4-5/h6-7H,4-5,11H2,1-3H3,(H,13,15);2-4H,1H3/b12-6?,14-9+;. The van der Waals surface area contributed by atoms with Gasteiger partial charge in [0.05, 0.1) is 15.6 Å². The molecule has 0 aromatic heterocycles. The number of nitrogens with one attached hydrogen (secondary N) is 1. The highest BCUT2D eigenvalue weighted by Gasteiger charge is 2.22. The second-order valence-corrected chi connectivity index (χ2v) is 7.78. The molecule has 0 atom stereocenters. The number of hydrogen-bond donors (Lipinski definition) is 2. The molecule has 0 fully saturated rings. The van der Waals surface area contributed by atoms with Gasteiger partial charge in [-0.25, -0.2) is 0 Å². The van der Waals surface area contributed by atoms with Gasteiger partial charge < -0.3 is 11.2 Å². The molecule has 0 aliphatic heterocycles. The molecule has 6 nitrogen and oxygen atoms in total. The Balaban J connectivity index is 0.000000577. The van der Waals surface area contributed by atoms with Crippen LogP contribution in [0.3, 0.4) is 0 Å². The van der Waals surface area contributed by atoms with Gasteiger partial charge in [-0.1, -0.05) is 41.0 Å². The Morgan fingerprint density at radius 3 is 2.46 bits per heavy atom. The number of amides is 1. The first-order valence-corrected chi connectivity index (χ1v) is 9.42. The van der Waals surface area contributed by atoms with Gasteiger partial charge in [0.25, 0.3) is 0 Å². The van der Waals surface area contributed by atoms with Gasteiger partial charge >= 0.3 is 0 Å². The van der Waals surface area contributed by atoms with Gasteiger partial charge in [0.2, 0.25) is 6.41 Å². The number of halogens is 2. The summed E-state index contributed by atoms with van der Waals surface area (Å²) in [5, 5.41) is 7.47. The topological polar surface area (TPSA) is 96.9 Å². The molecular formula is C17H24Cl2N4O2S. The van der Waals surface area contributed by atoms with Crippen LogP contribution in [0.25, 0.3) is 0 Å². The Labute approximate surface area is 168 Å². The van der Waals surface area contributed by atoms with E-state index in [-0.39, 0.29) is 5.12 Å². The molecule has 3 N–H and O–H groups in total. The Morgan fingerprint density at radius 2 is 2.00 bits per heavy atom. The first kappa shape index (κ1) is 24.4. The minimum absolute atomic E-state index is 0.0656. The quantitative estimate of drug-likeness (QED) is 0.233. The van der Waals surface area contributed by atoms with Gasteiger partial charge in [0.15, 0.2) is 5.12 Å². The second kappa shape index (κ2) is 12.7. The number of carbonyl (C=O) groups excluding carboxylic acids is 2. The van der Waals surface area contributed by atoms with E-state index in [0.717, 1.165) is 5.56 Å². The van der Waals surface area contributed by atoms with Crippen molar-refractivity contribution in [1.82, 2.24) is 5.32 Å². The monoisotopic (exact) mass is 418 g/mol. The van der Waals surface area contributed by atoms with Crippen LogP contribution < -0.4 is 11.2 Å². The van der Waals surface area contributed by atoms with Gasteiger partial charge in [0.1, 0.15) is 5.71 Å². The lowest BCUT2D eigenvalue weighted by Crippen LogP contribution is -2.47. The zero-order valence-electron chi connectivity index (χ0n) is 15.3. The minimum atomic E-state index is -0.659. The molecule has 144 valence electrons. The Hall–Kier alpha value is -1.57. The van der Waals surface area contributed by atoms with E-state index in [2.05, 4.69) is 15.4 Å². The Morgan fingerprint density at radius 1 is 1.35 bits per heavy atom. The van der Waals surface area contributed by atoms with Gasteiger partial charge in [-0.3, -0.25) is 14.6 Å². The highest BCUT2D eigenvalue weighted by Crippen LogP contribution is 2.21. The average Bonchev–Trinajstić information content (AvgIpc) is 2.54. The van der Waals surface area contributed by atoms with Crippen molar-refractivity contribution in [2.45, 2.75) is 33.2 Å². The minimum Gasteiger partial charge on any atom is -0.348 e. The summed E-state index contributed by atoms with van der Waals surface area (Å²) in [4.78, 5) is 25.2. The largest absolute Gasteiger partial charge is 0.348 e. The molecule has 0 bridgehead atoms. The lowest BCUT2D eigenvalue weighted by Gasteiger charge is -2.22. The summed E-state index contributed by atoms with van der Waals surface area (Å²) in [6.45, 7) is 7.52. The highest BCUT2D eigenvalue weighted by molar-refractivity contribution is 8.13. The number of aliphatic imine (C=N–C) groups is 1. The zero-order chi connectivity index (χ0) is 20.2. The van der Waals surface area contributed by atoms with E-state index in [9.17, 15) is 9.59 Å². The van der Waals surface area contributed by atoms with Crippen LogP contribution in [0.1, 0.15) is 26.3 Å². The van der Waals surface area contributed by atoms with Crippen molar-refractivity contribution in [3.05, 3.63) is 33.8 Å². The molecule has 0 radical (unpaired) electrons. The van der Waals surface area contributed by atoms with Gasteiger partial charge in [-0.2, -0.15) is 5.10 Å². The van der Waals surface area contributed by atoms with Crippen LogP contribution in [0.2, 0.25) is 10.0 Å². The SMILES string of the molecule is CC(=O)SCCN=C/C(=N\N)C(C)(C)NC=O.Cc1ccc(Cl)c(Cl)c1. The van der Waals surface area contributed by atoms with E-state index in [1.807, 2.05) is 19.1 Å². The number of nitrogens with two attached hydrogens (primary N) is 1. The van der Waals surface area contributed by atoms with Crippen molar-refractivity contribution < 1.29 is 9.59 Å². The highest BCUT2D eigenvalue weighted by atomic mass is 35.5. The number of carbonyl (C=O) groups is 2. The first-order chi connectivity index (χ1) is 12.1. The lowest BCUT2D eigenvalue weighted by molar-refractivity contribution is -0.110. The van der Waals surface area contributed by atoms with Crippen LogP contribution in [-0.4, -0.2) is 41.3 Å². The molecule has 26 heavy (non-hydrogen) atoms. The van der Waals surface area contributed by atoms with E-state index in [0.29, 0.717) is 34.5 Å². The third-order valence-electron chi connectivity index (χ3n) is 3.01. The molecule has 1 aromatic rings. The van der Waals surface area contributed by atoms with Crippen molar-refractivity contribution in [1.29, 1.82) is 0 Å². The predicted octanol–water partition coefficient (Wildman–Crippen LogP) is 3.48. The number of benzene rings is 1. The summed E-state index contributed by atoms with van der Waals surface area (Å²) in [7, 11) is 0. The van der Waals surface area contributed by atoms with Crippen molar-refractivity contribution in [3.8, 4) is 0 Å². The summed E-state index contributed by atoms with van der Waals surface area (Å²) in [6, 6.07) is 5.55. The third-order valence-corrected chi connectivity index (χ3v) is 4.55. The average molecular weight is 419 g/mol.